The number of hydrogen-bond donors (Lipinski definition) is 1. The normalized spacial score (nSPS) is 13.3. The molecule has 0 radical (unpaired) electrons. The predicted octanol–water partition coefficient (Wildman–Crippen LogP) is 1.54. The molecule has 0 amide bonds. The van der Waals surface area contributed by atoms with E-state index in [-0.39, 0.29) is 0 Å². The quantitative estimate of drug-likeness (QED) is 0.764. The summed E-state index contributed by atoms with van der Waals surface area (Å²) in [5.41, 5.74) is 7.13. The van der Waals surface area contributed by atoms with E-state index >= 15 is 0 Å². The lowest BCUT2D eigenvalue weighted by Crippen LogP contribution is -2.34. The van der Waals surface area contributed by atoms with Crippen LogP contribution in [-0.4, -0.2) is 34.3 Å². The molecule has 1 heterocycles. The molecule has 0 aliphatic rings. The molecule has 0 fully saturated rings. The minimum Gasteiger partial charge on any atom is -0.329 e. The van der Waals surface area contributed by atoms with E-state index in [9.17, 15) is 0 Å². The molecule has 1 aromatic heterocycles. The molecule has 92 valence electrons. The standard InChI is InChI=1S/C12H24N4/c1-4-6-16(7-5-2)12(8-13)11-9-14-15(3)10-11/h9-10,12H,4-8,13H2,1-3H3. The first-order valence-electron chi connectivity index (χ1n) is 6.15. The number of aryl methyl sites for hydroxylation is 1. The van der Waals surface area contributed by atoms with Crippen molar-refractivity contribution in [2.24, 2.45) is 12.8 Å². The second-order valence-corrected chi connectivity index (χ2v) is 4.23. The van der Waals surface area contributed by atoms with Gasteiger partial charge in [0.2, 0.25) is 0 Å². The average molecular weight is 224 g/mol. The Bertz CT molecular complexity index is 289. The van der Waals surface area contributed by atoms with E-state index in [0.717, 1.165) is 25.9 Å². The lowest BCUT2D eigenvalue weighted by atomic mass is 10.1. The SMILES string of the molecule is CCCN(CCC)C(CN)c1cnn(C)c1. The van der Waals surface area contributed by atoms with Crippen LogP contribution in [0.2, 0.25) is 0 Å². The minimum absolute atomic E-state index is 0.314. The third kappa shape index (κ3) is 3.32. The summed E-state index contributed by atoms with van der Waals surface area (Å²) in [5, 5.41) is 4.22. The van der Waals surface area contributed by atoms with Gasteiger partial charge in [0.05, 0.1) is 12.2 Å². The summed E-state index contributed by atoms with van der Waals surface area (Å²) in [6.07, 6.45) is 6.32. The molecular formula is C12H24N4. The first-order chi connectivity index (χ1) is 7.72. The molecule has 0 saturated carbocycles. The lowest BCUT2D eigenvalue weighted by molar-refractivity contribution is 0.202. The van der Waals surface area contributed by atoms with Gasteiger partial charge in [-0.1, -0.05) is 13.8 Å². The molecule has 0 aromatic carbocycles. The molecule has 0 aliphatic heterocycles. The molecule has 4 heteroatoms. The van der Waals surface area contributed by atoms with Gasteiger partial charge in [-0.2, -0.15) is 5.10 Å². The molecule has 1 atom stereocenters. The first-order valence-corrected chi connectivity index (χ1v) is 6.15. The van der Waals surface area contributed by atoms with Crippen molar-refractivity contribution >= 4 is 0 Å². The fraction of sp³-hybridized carbons (Fsp3) is 0.750. The van der Waals surface area contributed by atoms with E-state index in [1.165, 1.54) is 5.56 Å². The highest BCUT2D eigenvalue weighted by Gasteiger charge is 2.18. The first kappa shape index (κ1) is 13.2. The third-order valence-corrected chi connectivity index (χ3v) is 2.80. The van der Waals surface area contributed by atoms with Crippen LogP contribution in [0.1, 0.15) is 38.3 Å². The number of aromatic nitrogens is 2. The molecule has 0 bridgehead atoms. The van der Waals surface area contributed by atoms with Crippen LogP contribution in [0, 0.1) is 0 Å². The molecule has 16 heavy (non-hydrogen) atoms. The van der Waals surface area contributed by atoms with Crippen molar-refractivity contribution < 1.29 is 0 Å². The van der Waals surface area contributed by atoms with Crippen molar-refractivity contribution in [1.82, 2.24) is 14.7 Å². The molecule has 0 spiro atoms. The maximum Gasteiger partial charge on any atom is 0.0538 e. The Hall–Kier alpha value is -0.870. The van der Waals surface area contributed by atoms with Crippen LogP contribution < -0.4 is 5.73 Å². The van der Waals surface area contributed by atoms with Gasteiger partial charge in [-0.15, -0.1) is 0 Å². The molecule has 1 rings (SSSR count). The number of nitrogens with two attached hydrogens (primary N) is 1. The molecular weight excluding hydrogens is 200 g/mol. The smallest absolute Gasteiger partial charge is 0.0538 e. The van der Waals surface area contributed by atoms with Crippen LogP contribution in [0.3, 0.4) is 0 Å². The van der Waals surface area contributed by atoms with Gasteiger partial charge in [0.15, 0.2) is 0 Å². The monoisotopic (exact) mass is 224 g/mol. The van der Waals surface area contributed by atoms with E-state index in [4.69, 9.17) is 5.73 Å². The Morgan fingerprint density at radius 1 is 1.38 bits per heavy atom. The topological polar surface area (TPSA) is 47.1 Å². The summed E-state index contributed by atoms with van der Waals surface area (Å²) in [5.74, 6) is 0. The number of nitrogens with zero attached hydrogens (tertiary/aromatic N) is 3. The summed E-state index contributed by atoms with van der Waals surface area (Å²) in [6, 6.07) is 0.314. The summed E-state index contributed by atoms with van der Waals surface area (Å²) in [6.45, 7) is 7.28. The predicted molar refractivity (Wildman–Crippen MR) is 67.2 cm³/mol. The van der Waals surface area contributed by atoms with Crippen LogP contribution in [0.15, 0.2) is 12.4 Å². The van der Waals surface area contributed by atoms with Crippen molar-refractivity contribution in [2.75, 3.05) is 19.6 Å². The zero-order valence-corrected chi connectivity index (χ0v) is 10.7. The highest BCUT2D eigenvalue weighted by atomic mass is 15.2. The Labute approximate surface area is 98.4 Å². The highest BCUT2D eigenvalue weighted by Crippen LogP contribution is 2.19. The zero-order valence-electron chi connectivity index (χ0n) is 10.7. The van der Waals surface area contributed by atoms with Crippen LogP contribution in [-0.2, 0) is 7.05 Å². The van der Waals surface area contributed by atoms with Crippen LogP contribution >= 0.6 is 0 Å². The second-order valence-electron chi connectivity index (χ2n) is 4.23. The van der Waals surface area contributed by atoms with Crippen molar-refractivity contribution in [3.63, 3.8) is 0 Å². The van der Waals surface area contributed by atoms with Crippen molar-refractivity contribution in [2.45, 2.75) is 32.7 Å². The van der Waals surface area contributed by atoms with E-state index in [0.29, 0.717) is 12.6 Å². The van der Waals surface area contributed by atoms with Crippen molar-refractivity contribution in [3.8, 4) is 0 Å². The van der Waals surface area contributed by atoms with E-state index < -0.39 is 0 Å². The van der Waals surface area contributed by atoms with Gasteiger partial charge in [0.25, 0.3) is 0 Å². The molecule has 1 unspecified atom stereocenters. The molecule has 0 saturated heterocycles. The van der Waals surface area contributed by atoms with Crippen molar-refractivity contribution in [3.05, 3.63) is 18.0 Å². The lowest BCUT2D eigenvalue weighted by Gasteiger charge is -2.29. The Balaban J connectivity index is 2.76. The number of hydrogen-bond acceptors (Lipinski definition) is 3. The minimum atomic E-state index is 0.314. The van der Waals surface area contributed by atoms with Gasteiger partial charge >= 0.3 is 0 Å². The second kappa shape index (κ2) is 6.66. The Morgan fingerprint density at radius 2 is 2.00 bits per heavy atom. The van der Waals surface area contributed by atoms with E-state index in [2.05, 4.69) is 30.0 Å². The van der Waals surface area contributed by atoms with E-state index in [1.54, 1.807) is 0 Å². The molecule has 0 aliphatic carbocycles. The molecule has 2 N–H and O–H groups in total. The van der Waals surface area contributed by atoms with Crippen LogP contribution in [0.25, 0.3) is 0 Å². The van der Waals surface area contributed by atoms with Crippen LogP contribution in [0.4, 0.5) is 0 Å². The van der Waals surface area contributed by atoms with Gasteiger partial charge in [0.1, 0.15) is 0 Å². The maximum absolute atomic E-state index is 5.90. The summed E-state index contributed by atoms with van der Waals surface area (Å²) in [7, 11) is 1.95. The summed E-state index contributed by atoms with van der Waals surface area (Å²) < 4.78 is 1.84. The van der Waals surface area contributed by atoms with Gasteiger partial charge < -0.3 is 5.73 Å². The largest absolute Gasteiger partial charge is 0.329 e. The summed E-state index contributed by atoms with van der Waals surface area (Å²) in [4.78, 5) is 2.46. The fourth-order valence-electron chi connectivity index (χ4n) is 2.11. The van der Waals surface area contributed by atoms with Gasteiger partial charge in [0, 0.05) is 25.4 Å². The summed E-state index contributed by atoms with van der Waals surface area (Å²) >= 11 is 0. The van der Waals surface area contributed by atoms with Gasteiger partial charge in [-0.05, 0) is 25.9 Å². The van der Waals surface area contributed by atoms with E-state index in [1.807, 2.05) is 17.9 Å². The average Bonchev–Trinajstić information content (AvgIpc) is 2.67. The number of rotatable bonds is 7. The van der Waals surface area contributed by atoms with Crippen LogP contribution in [0.5, 0.6) is 0 Å². The fourth-order valence-corrected chi connectivity index (χ4v) is 2.11. The third-order valence-electron chi connectivity index (χ3n) is 2.80. The highest BCUT2D eigenvalue weighted by molar-refractivity contribution is 5.11. The Kier molecular flexibility index (Phi) is 5.49. The Morgan fingerprint density at radius 3 is 2.38 bits per heavy atom. The zero-order chi connectivity index (χ0) is 12.0. The van der Waals surface area contributed by atoms with Crippen molar-refractivity contribution in [1.29, 1.82) is 0 Å². The molecule has 1 aromatic rings. The van der Waals surface area contributed by atoms with Gasteiger partial charge in [-0.3, -0.25) is 9.58 Å². The molecule has 4 nitrogen and oxygen atoms in total. The van der Waals surface area contributed by atoms with Gasteiger partial charge in [-0.25, -0.2) is 0 Å². The maximum atomic E-state index is 5.90.